The molecule has 2 unspecified atom stereocenters. The van der Waals surface area contributed by atoms with Crippen LogP contribution >= 0.6 is 11.3 Å². The number of aromatic nitrogens is 4. The summed E-state index contributed by atoms with van der Waals surface area (Å²) in [6, 6.07) is 3.58. The zero-order valence-corrected chi connectivity index (χ0v) is 17.7. The Morgan fingerprint density at radius 1 is 1.27 bits per heavy atom. The van der Waals surface area contributed by atoms with E-state index in [1.165, 1.54) is 23.0 Å². The third kappa shape index (κ3) is 3.24. The first kappa shape index (κ1) is 20.1. The molecule has 30 heavy (non-hydrogen) atoms. The maximum atomic E-state index is 12.8. The Labute approximate surface area is 175 Å². The van der Waals surface area contributed by atoms with Crippen molar-refractivity contribution in [2.24, 2.45) is 20.0 Å². The van der Waals surface area contributed by atoms with E-state index in [4.69, 9.17) is 0 Å². The molecule has 158 valence electrons. The molecule has 1 saturated heterocycles. The minimum Gasteiger partial charge on any atom is -0.355 e. The zero-order valence-electron chi connectivity index (χ0n) is 16.8. The van der Waals surface area contributed by atoms with E-state index in [1.807, 2.05) is 17.5 Å². The number of carbonyl (C=O) groups excluding carboxylic acids is 2. The van der Waals surface area contributed by atoms with Crippen LogP contribution in [0.5, 0.6) is 0 Å². The molecule has 0 spiro atoms. The fourth-order valence-electron chi connectivity index (χ4n) is 3.88. The number of aryl methyl sites for hydroxylation is 1. The lowest BCUT2D eigenvalue weighted by atomic mass is 9.98. The number of nitrogens with zero attached hydrogens (tertiary/aromatic N) is 4. The summed E-state index contributed by atoms with van der Waals surface area (Å²) in [5.41, 5.74) is -0.359. The highest BCUT2D eigenvalue weighted by Crippen LogP contribution is 2.39. The molecule has 1 aliphatic rings. The van der Waals surface area contributed by atoms with Crippen LogP contribution in [0.1, 0.15) is 23.2 Å². The number of hydrogen-bond acceptors (Lipinski definition) is 6. The summed E-state index contributed by atoms with van der Waals surface area (Å²) in [5, 5.41) is 4.81. The van der Waals surface area contributed by atoms with Gasteiger partial charge in [-0.2, -0.15) is 0 Å². The highest BCUT2D eigenvalue weighted by Gasteiger charge is 2.43. The largest absolute Gasteiger partial charge is 0.355 e. The van der Waals surface area contributed by atoms with Crippen molar-refractivity contribution in [2.75, 3.05) is 13.6 Å². The molecule has 3 aromatic rings. The van der Waals surface area contributed by atoms with Gasteiger partial charge in [-0.25, -0.2) is 9.78 Å². The standard InChI is InChI=1S/C19H22N6O4S/c1-23-13(26)9-10(15(23)11-5-4-8-30-11)17(27)20-7-6-12-21-14-16(22-12)24(2)19(29)25(3)18(14)28/h4-5,8,10,15H,6-7,9H2,1-3H3,(H,20,27)(H,21,22). The second-order valence-corrected chi connectivity index (χ2v) is 8.38. The van der Waals surface area contributed by atoms with Crippen LogP contribution in [0.4, 0.5) is 0 Å². The Morgan fingerprint density at radius 3 is 2.73 bits per heavy atom. The molecular weight excluding hydrogens is 408 g/mol. The minimum absolute atomic E-state index is 0.0532. The number of nitrogens with one attached hydrogen (secondary N) is 2. The van der Waals surface area contributed by atoms with E-state index < -0.39 is 17.2 Å². The Balaban J connectivity index is 1.47. The number of imidazole rings is 1. The highest BCUT2D eigenvalue weighted by molar-refractivity contribution is 7.10. The van der Waals surface area contributed by atoms with E-state index >= 15 is 0 Å². The third-order valence-electron chi connectivity index (χ3n) is 5.56. The Kier molecular flexibility index (Phi) is 5.06. The van der Waals surface area contributed by atoms with Gasteiger partial charge in [0.2, 0.25) is 11.8 Å². The van der Waals surface area contributed by atoms with Gasteiger partial charge < -0.3 is 15.2 Å². The Bertz CT molecular complexity index is 1240. The number of fused-ring (bicyclic) bond motifs is 1. The maximum absolute atomic E-state index is 12.8. The van der Waals surface area contributed by atoms with Crippen molar-refractivity contribution in [1.82, 2.24) is 29.3 Å². The van der Waals surface area contributed by atoms with Crippen molar-refractivity contribution in [3.8, 4) is 0 Å². The average Bonchev–Trinajstić information content (AvgIpc) is 3.45. The molecule has 0 aromatic carbocycles. The average molecular weight is 430 g/mol. The monoisotopic (exact) mass is 430 g/mol. The van der Waals surface area contributed by atoms with Gasteiger partial charge in [-0.1, -0.05) is 6.07 Å². The van der Waals surface area contributed by atoms with Crippen LogP contribution in [0.2, 0.25) is 0 Å². The van der Waals surface area contributed by atoms with Crippen LogP contribution in [0.25, 0.3) is 11.2 Å². The van der Waals surface area contributed by atoms with Gasteiger partial charge in [-0.15, -0.1) is 11.3 Å². The summed E-state index contributed by atoms with van der Waals surface area (Å²) in [4.78, 5) is 59.1. The molecule has 1 fully saturated rings. The summed E-state index contributed by atoms with van der Waals surface area (Å²) < 4.78 is 2.32. The fourth-order valence-corrected chi connectivity index (χ4v) is 4.81. The zero-order chi connectivity index (χ0) is 21.6. The first-order chi connectivity index (χ1) is 14.3. The lowest BCUT2D eigenvalue weighted by Gasteiger charge is -2.23. The molecule has 1 aliphatic heterocycles. The molecule has 0 saturated carbocycles. The van der Waals surface area contributed by atoms with Crippen LogP contribution in [0, 0.1) is 5.92 Å². The fraction of sp³-hybridized carbons (Fsp3) is 0.421. The number of likely N-dealkylation sites (tertiary alicyclic amines) is 1. The molecule has 11 heteroatoms. The van der Waals surface area contributed by atoms with E-state index in [0.717, 1.165) is 9.44 Å². The maximum Gasteiger partial charge on any atom is 0.332 e. The van der Waals surface area contributed by atoms with Crippen LogP contribution in [0.3, 0.4) is 0 Å². The van der Waals surface area contributed by atoms with E-state index in [-0.39, 0.29) is 35.4 Å². The first-order valence-electron chi connectivity index (χ1n) is 9.51. The smallest absolute Gasteiger partial charge is 0.332 e. The topological polar surface area (TPSA) is 122 Å². The highest BCUT2D eigenvalue weighted by atomic mass is 32.1. The summed E-state index contributed by atoms with van der Waals surface area (Å²) in [5.74, 6) is -0.198. The lowest BCUT2D eigenvalue weighted by molar-refractivity contribution is -0.128. The molecule has 2 atom stereocenters. The van der Waals surface area contributed by atoms with E-state index in [9.17, 15) is 19.2 Å². The summed E-state index contributed by atoms with van der Waals surface area (Å²) >= 11 is 1.53. The first-order valence-corrected chi connectivity index (χ1v) is 10.4. The number of aromatic amines is 1. The second kappa shape index (κ2) is 7.56. The number of thiophene rings is 1. The van der Waals surface area contributed by atoms with Crippen molar-refractivity contribution in [1.29, 1.82) is 0 Å². The number of hydrogen-bond donors (Lipinski definition) is 2. The van der Waals surface area contributed by atoms with Gasteiger partial charge in [0.1, 0.15) is 11.3 Å². The van der Waals surface area contributed by atoms with Crippen LogP contribution in [-0.2, 0) is 30.1 Å². The molecule has 0 bridgehead atoms. The van der Waals surface area contributed by atoms with Crippen molar-refractivity contribution < 1.29 is 9.59 Å². The second-order valence-electron chi connectivity index (χ2n) is 7.40. The molecule has 10 nitrogen and oxygen atoms in total. The molecule has 0 aliphatic carbocycles. The molecule has 2 N–H and O–H groups in total. The van der Waals surface area contributed by atoms with E-state index in [2.05, 4.69) is 15.3 Å². The van der Waals surface area contributed by atoms with Gasteiger partial charge >= 0.3 is 5.69 Å². The van der Waals surface area contributed by atoms with Crippen molar-refractivity contribution in [2.45, 2.75) is 18.9 Å². The van der Waals surface area contributed by atoms with Gasteiger partial charge in [0.15, 0.2) is 5.65 Å². The molecule has 4 rings (SSSR count). The number of carbonyl (C=O) groups is 2. The molecule has 3 aromatic heterocycles. The SMILES string of the molecule is CN1C(=O)CC(C(=O)NCCc2nc3c([nH]2)c(=O)n(C)c(=O)n3C)C1c1cccs1. The number of rotatable bonds is 5. The minimum atomic E-state index is -0.454. The molecule has 4 heterocycles. The lowest BCUT2D eigenvalue weighted by Crippen LogP contribution is -2.36. The van der Waals surface area contributed by atoms with Crippen LogP contribution in [0.15, 0.2) is 27.1 Å². The van der Waals surface area contributed by atoms with Gasteiger partial charge in [0, 0.05) is 45.4 Å². The normalized spacial score (nSPS) is 19.0. The van der Waals surface area contributed by atoms with Crippen LogP contribution < -0.4 is 16.6 Å². The molecule has 2 amide bonds. The van der Waals surface area contributed by atoms with Crippen molar-refractivity contribution in [3.05, 3.63) is 49.1 Å². The van der Waals surface area contributed by atoms with Crippen LogP contribution in [-0.4, -0.2) is 49.4 Å². The van der Waals surface area contributed by atoms with Crippen molar-refractivity contribution >= 4 is 34.3 Å². The summed E-state index contributed by atoms with van der Waals surface area (Å²) in [7, 11) is 4.68. The summed E-state index contributed by atoms with van der Waals surface area (Å²) in [6.07, 6.45) is 0.533. The Hall–Kier alpha value is -3.21. The third-order valence-corrected chi connectivity index (χ3v) is 6.51. The summed E-state index contributed by atoms with van der Waals surface area (Å²) in [6.45, 7) is 0.290. The number of amides is 2. The van der Waals surface area contributed by atoms with E-state index in [0.29, 0.717) is 18.8 Å². The Morgan fingerprint density at radius 2 is 2.03 bits per heavy atom. The van der Waals surface area contributed by atoms with E-state index in [1.54, 1.807) is 19.0 Å². The predicted octanol–water partition coefficient (Wildman–Crippen LogP) is -0.0999. The van der Waals surface area contributed by atoms with Gasteiger partial charge in [-0.05, 0) is 11.4 Å². The molecular formula is C19H22N6O4S. The van der Waals surface area contributed by atoms with Gasteiger partial charge in [0.05, 0.1) is 12.0 Å². The van der Waals surface area contributed by atoms with Crippen molar-refractivity contribution in [3.63, 3.8) is 0 Å². The predicted molar refractivity (Wildman–Crippen MR) is 111 cm³/mol. The van der Waals surface area contributed by atoms with Gasteiger partial charge in [0.25, 0.3) is 5.56 Å². The van der Waals surface area contributed by atoms with Gasteiger partial charge in [-0.3, -0.25) is 23.5 Å². The number of H-pyrrole nitrogens is 1. The quantitative estimate of drug-likeness (QED) is 0.585. The molecule has 0 radical (unpaired) electrons.